The Morgan fingerprint density at radius 2 is 0.878 bits per heavy atom. The summed E-state index contributed by atoms with van der Waals surface area (Å²) in [5, 5.41) is 0. The van der Waals surface area contributed by atoms with Gasteiger partial charge in [-0.05, 0) is 70.9 Å². The Morgan fingerprint density at radius 1 is 0.510 bits per heavy atom. The van der Waals surface area contributed by atoms with Gasteiger partial charge in [0.25, 0.3) is 0 Å². The number of carbonyl (C=O) groups excluding carboxylic acids is 2. The average Bonchev–Trinajstić information content (AvgIpc) is 3.08. The van der Waals surface area contributed by atoms with Gasteiger partial charge in [0.05, 0.1) is 13.2 Å². The molecule has 0 aliphatic carbocycles. The van der Waals surface area contributed by atoms with Crippen LogP contribution >= 0.6 is 0 Å². The minimum atomic E-state index is -0.527. The van der Waals surface area contributed by atoms with E-state index in [1.54, 1.807) is 0 Å². The fourth-order valence-corrected chi connectivity index (χ4v) is 6.31. The molecule has 0 fully saturated rings. The molecule has 0 saturated carbocycles. The molecule has 0 N–H and O–H groups in total. The first-order valence-electron chi connectivity index (χ1n) is 21.1. The maximum Gasteiger partial charge on any atom is 0.508 e. The molecule has 49 heavy (non-hydrogen) atoms. The van der Waals surface area contributed by atoms with Gasteiger partial charge in [-0.25, -0.2) is 4.79 Å². The largest absolute Gasteiger partial charge is 0.508 e. The second-order valence-electron chi connectivity index (χ2n) is 14.2. The van der Waals surface area contributed by atoms with Crippen LogP contribution in [0.1, 0.15) is 213 Å². The molecule has 0 bridgehead atoms. The first kappa shape index (κ1) is 50.5. The number of hydrogen-bond acceptors (Lipinski definition) is 6. The maximum atomic E-state index is 12.6. The third-order valence-electron chi connectivity index (χ3n) is 9.54. The van der Waals surface area contributed by atoms with Crippen molar-refractivity contribution < 1.29 is 44.9 Å². The predicted octanol–water partition coefficient (Wildman–Crippen LogP) is 12.9. The van der Waals surface area contributed by atoms with Crippen LogP contribution in [0.15, 0.2) is 0 Å². The van der Waals surface area contributed by atoms with Crippen LogP contribution in [-0.2, 0) is 40.1 Å². The summed E-state index contributed by atoms with van der Waals surface area (Å²) in [6.45, 7) is 14.6. The fourth-order valence-electron chi connectivity index (χ4n) is 6.31. The predicted molar refractivity (Wildman–Crippen MR) is 205 cm³/mol. The first-order valence-corrected chi connectivity index (χ1v) is 21.1. The van der Waals surface area contributed by atoms with Gasteiger partial charge in [0.2, 0.25) is 0 Å². The summed E-state index contributed by atoms with van der Waals surface area (Å²) >= 11 is 0. The minimum Gasteiger partial charge on any atom is -0.462 e. The Morgan fingerprint density at radius 3 is 1.35 bits per heavy atom. The molecule has 0 rings (SSSR count). The van der Waals surface area contributed by atoms with Gasteiger partial charge in [-0.2, -0.15) is 0 Å². The third-order valence-corrected chi connectivity index (χ3v) is 9.54. The normalized spacial score (nSPS) is 11.2. The Labute approximate surface area is 320 Å². The molecule has 0 saturated heterocycles. The SMILES string of the molecule is [CH2-]CN(CCCCCCCC(=O)OC(CCCCCCCC)CCCCCCCC)CCCCOC(=O)OCCCCCCCCCC.[Mo]. The number of rotatable bonds is 38. The first-order chi connectivity index (χ1) is 23.6. The number of hydrogen-bond donors (Lipinski definition) is 0. The van der Waals surface area contributed by atoms with E-state index in [9.17, 15) is 9.59 Å². The molecule has 0 aromatic heterocycles. The zero-order valence-corrected chi connectivity index (χ0v) is 34.9. The van der Waals surface area contributed by atoms with E-state index in [4.69, 9.17) is 14.2 Å². The van der Waals surface area contributed by atoms with E-state index >= 15 is 0 Å². The van der Waals surface area contributed by atoms with Crippen LogP contribution in [-0.4, -0.2) is 56.0 Å². The maximum absolute atomic E-state index is 12.6. The zero-order chi connectivity index (χ0) is 35.2. The summed E-state index contributed by atoms with van der Waals surface area (Å²) in [5.41, 5.74) is 0. The molecule has 0 aliphatic heterocycles. The fraction of sp³-hybridized carbons (Fsp3) is 0.929. The molecular formula is C42H82MoNO5-. The van der Waals surface area contributed by atoms with Crippen molar-refractivity contribution in [2.24, 2.45) is 0 Å². The Bertz CT molecular complexity index is 663. The van der Waals surface area contributed by atoms with Gasteiger partial charge in [0.15, 0.2) is 0 Å². The van der Waals surface area contributed by atoms with Gasteiger partial charge in [0, 0.05) is 27.5 Å². The molecule has 0 spiro atoms. The summed E-state index contributed by atoms with van der Waals surface area (Å²) in [6, 6.07) is 0. The molecule has 0 aliphatic rings. The Balaban J connectivity index is 0. The van der Waals surface area contributed by atoms with Crippen LogP contribution < -0.4 is 0 Å². The van der Waals surface area contributed by atoms with Crippen molar-refractivity contribution in [3.63, 3.8) is 0 Å². The summed E-state index contributed by atoms with van der Waals surface area (Å²) in [7, 11) is 0. The summed E-state index contributed by atoms with van der Waals surface area (Å²) in [4.78, 5) is 26.8. The smallest absolute Gasteiger partial charge is 0.462 e. The van der Waals surface area contributed by atoms with Crippen LogP contribution in [0.4, 0.5) is 4.79 Å². The van der Waals surface area contributed by atoms with Crippen molar-refractivity contribution in [2.45, 2.75) is 219 Å². The quantitative estimate of drug-likeness (QED) is 0.0269. The topological polar surface area (TPSA) is 65.1 Å². The molecule has 0 unspecified atom stereocenters. The van der Waals surface area contributed by atoms with E-state index in [2.05, 4.69) is 32.6 Å². The van der Waals surface area contributed by atoms with Gasteiger partial charge in [-0.1, -0.05) is 149 Å². The molecule has 0 aromatic carbocycles. The molecule has 0 amide bonds. The van der Waals surface area contributed by atoms with Crippen molar-refractivity contribution in [1.29, 1.82) is 0 Å². The monoisotopic (exact) mass is 779 g/mol. The molecule has 6 nitrogen and oxygen atoms in total. The van der Waals surface area contributed by atoms with E-state index in [0.29, 0.717) is 19.6 Å². The van der Waals surface area contributed by atoms with Crippen LogP contribution in [0.25, 0.3) is 0 Å². The summed E-state index contributed by atoms with van der Waals surface area (Å²) in [5.74, 6) is 0.0148. The zero-order valence-electron chi connectivity index (χ0n) is 32.9. The molecule has 0 atom stereocenters. The van der Waals surface area contributed by atoms with E-state index in [1.165, 1.54) is 122 Å². The number of nitrogens with zero attached hydrogens (tertiary/aromatic N) is 1. The number of carbonyl (C=O) groups is 2. The number of esters is 1. The molecule has 0 aromatic rings. The van der Waals surface area contributed by atoms with Gasteiger partial charge in [0.1, 0.15) is 6.10 Å². The van der Waals surface area contributed by atoms with Crippen molar-refractivity contribution in [3.05, 3.63) is 6.92 Å². The summed E-state index contributed by atoms with van der Waals surface area (Å²) < 4.78 is 16.5. The van der Waals surface area contributed by atoms with Crippen LogP contribution in [0.2, 0.25) is 0 Å². The van der Waals surface area contributed by atoms with Crippen molar-refractivity contribution in [2.75, 3.05) is 32.8 Å². The minimum absolute atomic E-state index is 0. The Hall–Kier alpha value is -0.612. The molecule has 0 radical (unpaired) electrons. The summed E-state index contributed by atoms with van der Waals surface area (Å²) in [6.07, 6.45) is 34.8. The molecule has 292 valence electrons. The molecular weight excluding hydrogens is 694 g/mol. The molecule has 7 heteroatoms. The van der Waals surface area contributed by atoms with Gasteiger partial charge in [-0.3, -0.25) is 4.79 Å². The van der Waals surface area contributed by atoms with E-state index in [-0.39, 0.29) is 33.1 Å². The van der Waals surface area contributed by atoms with Crippen LogP contribution in [0, 0.1) is 6.92 Å². The van der Waals surface area contributed by atoms with E-state index in [1.807, 2.05) is 0 Å². The van der Waals surface area contributed by atoms with Crippen molar-refractivity contribution >= 4 is 12.1 Å². The molecule has 0 heterocycles. The van der Waals surface area contributed by atoms with Gasteiger partial charge in [-0.15, -0.1) is 6.54 Å². The van der Waals surface area contributed by atoms with E-state index in [0.717, 1.165) is 83.8 Å². The average molecular weight is 777 g/mol. The standard InChI is InChI=1S/C42H82NO5.Mo/c1-5-9-12-15-18-19-25-31-38-46-42(45)47-39-32-30-37-43(8-4)36-29-24-20-23-28-35-41(44)48-40(33-26-21-16-13-10-6-2)34-27-22-17-14-11-7-3;/h40H,4-39H2,1-3H3;/q-1;. The van der Waals surface area contributed by atoms with Crippen LogP contribution in [0.3, 0.4) is 0 Å². The second kappa shape index (κ2) is 41.8. The Kier molecular flexibility index (Phi) is 43.1. The van der Waals surface area contributed by atoms with Crippen molar-refractivity contribution in [3.8, 4) is 0 Å². The number of ether oxygens (including phenoxy) is 3. The van der Waals surface area contributed by atoms with Gasteiger partial charge >= 0.3 is 12.1 Å². The van der Waals surface area contributed by atoms with Crippen molar-refractivity contribution in [1.82, 2.24) is 4.90 Å². The third kappa shape index (κ3) is 38.5. The second-order valence-corrected chi connectivity index (χ2v) is 14.2. The van der Waals surface area contributed by atoms with Gasteiger partial charge < -0.3 is 26.0 Å². The van der Waals surface area contributed by atoms with Crippen LogP contribution in [0.5, 0.6) is 0 Å². The number of unbranched alkanes of at least 4 members (excludes halogenated alkanes) is 22. The van der Waals surface area contributed by atoms with E-state index < -0.39 is 6.16 Å².